The fourth-order valence-electron chi connectivity index (χ4n) is 3.51. The summed E-state index contributed by atoms with van der Waals surface area (Å²) in [4.78, 5) is 28.0. The Morgan fingerprint density at radius 2 is 1.79 bits per heavy atom. The molecular formula is C24H32BrN3O5S. The molecule has 0 saturated heterocycles. The van der Waals surface area contributed by atoms with Crippen molar-refractivity contribution >= 4 is 43.5 Å². The number of anilines is 1. The summed E-state index contributed by atoms with van der Waals surface area (Å²) >= 11 is 3.34. The van der Waals surface area contributed by atoms with Crippen molar-refractivity contribution in [3.8, 4) is 5.75 Å². The van der Waals surface area contributed by atoms with Gasteiger partial charge in [-0.25, -0.2) is 8.42 Å². The van der Waals surface area contributed by atoms with Crippen molar-refractivity contribution in [2.75, 3.05) is 24.2 Å². The van der Waals surface area contributed by atoms with Crippen molar-refractivity contribution in [2.45, 2.75) is 45.8 Å². The number of rotatable bonds is 11. The van der Waals surface area contributed by atoms with E-state index in [2.05, 4.69) is 21.2 Å². The van der Waals surface area contributed by atoms with E-state index in [1.807, 2.05) is 26.8 Å². The molecule has 0 bridgehead atoms. The molecule has 10 heteroatoms. The van der Waals surface area contributed by atoms with Gasteiger partial charge >= 0.3 is 0 Å². The monoisotopic (exact) mass is 553 g/mol. The van der Waals surface area contributed by atoms with Crippen LogP contribution in [0.25, 0.3) is 0 Å². The van der Waals surface area contributed by atoms with Crippen LogP contribution in [0.5, 0.6) is 5.75 Å². The van der Waals surface area contributed by atoms with Crippen molar-refractivity contribution in [3.05, 3.63) is 58.6 Å². The lowest BCUT2D eigenvalue weighted by Crippen LogP contribution is -2.53. The van der Waals surface area contributed by atoms with E-state index in [4.69, 9.17) is 4.74 Å². The van der Waals surface area contributed by atoms with Crippen LogP contribution >= 0.6 is 15.9 Å². The first-order chi connectivity index (χ1) is 16.0. The molecule has 34 heavy (non-hydrogen) atoms. The Morgan fingerprint density at radius 1 is 1.12 bits per heavy atom. The van der Waals surface area contributed by atoms with Crippen molar-refractivity contribution in [1.82, 2.24) is 10.2 Å². The van der Waals surface area contributed by atoms with Gasteiger partial charge in [0, 0.05) is 17.1 Å². The predicted octanol–water partition coefficient (Wildman–Crippen LogP) is 3.56. The van der Waals surface area contributed by atoms with E-state index in [0.717, 1.165) is 16.1 Å². The van der Waals surface area contributed by atoms with Crippen LogP contribution < -0.4 is 14.4 Å². The van der Waals surface area contributed by atoms with Gasteiger partial charge in [-0.1, -0.05) is 41.1 Å². The third kappa shape index (κ3) is 7.73. The maximum absolute atomic E-state index is 13.6. The molecule has 2 aromatic rings. The fourth-order valence-corrected chi connectivity index (χ4v) is 4.74. The van der Waals surface area contributed by atoms with Crippen molar-refractivity contribution < 1.29 is 22.7 Å². The van der Waals surface area contributed by atoms with Gasteiger partial charge in [0.15, 0.2) is 0 Å². The van der Waals surface area contributed by atoms with Crippen LogP contribution in [-0.2, 0) is 26.2 Å². The maximum Gasteiger partial charge on any atom is 0.244 e. The largest absolute Gasteiger partial charge is 0.497 e. The van der Waals surface area contributed by atoms with Gasteiger partial charge in [0.1, 0.15) is 18.3 Å². The topological polar surface area (TPSA) is 96.0 Å². The lowest BCUT2D eigenvalue weighted by Gasteiger charge is -2.33. The molecule has 8 nitrogen and oxygen atoms in total. The number of nitrogens with zero attached hydrogens (tertiary/aromatic N) is 2. The molecule has 1 atom stereocenters. The number of amides is 2. The number of benzene rings is 2. The number of carbonyl (C=O) groups excluding carboxylic acids is 2. The van der Waals surface area contributed by atoms with Gasteiger partial charge in [0.05, 0.1) is 19.1 Å². The Bertz CT molecular complexity index is 1110. The Hall–Kier alpha value is -2.59. The lowest BCUT2D eigenvalue weighted by atomic mass is 10.1. The quantitative estimate of drug-likeness (QED) is 0.459. The Balaban J connectivity index is 2.46. The van der Waals surface area contributed by atoms with Crippen LogP contribution in [0.1, 0.15) is 32.8 Å². The molecule has 0 saturated carbocycles. The summed E-state index contributed by atoms with van der Waals surface area (Å²) in [5.74, 6) is -0.155. The molecule has 0 aliphatic heterocycles. The van der Waals surface area contributed by atoms with Gasteiger partial charge in [0.2, 0.25) is 21.8 Å². The normalized spacial score (nSPS) is 12.2. The van der Waals surface area contributed by atoms with E-state index in [1.54, 1.807) is 49.6 Å². The zero-order valence-corrected chi connectivity index (χ0v) is 22.5. The SMILES string of the molecule is CC[C@H](C(=O)NC(C)C)N(Cc1cccc(OC)c1)C(=O)CN(c1cccc(Br)c1)S(C)(=O)=O. The molecule has 0 aliphatic carbocycles. The van der Waals surface area contributed by atoms with Gasteiger partial charge < -0.3 is 15.0 Å². The highest BCUT2D eigenvalue weighted by Crippen LogP contribution is 2.23. The van der Waals surface area contributed by atoms with Crippen molar-refractivity contribution in [3.63, 3.8) is 0 Å². The fraction of sp³-hybridized carbons (Fsp3) is 0.417. The van der Waals surface area contributed by atoms with Crippen LogP contribution in [0.15, 0.2) is 53.0 Å². The minimum Gasteiger partial charge on any atom is -0.497 e. The highest BCUT2D eigenvalue weighted by Gasteiger charge is 2.32. The number of methoxy groups -OCH3 is 1. The van der Waals surface area contributed by atoms with Gasteiger partial charge in [-0.15, -0.1) is 0 Å². The number of hydrogen-bond donors (Lipinski definition) is 1. The van der Waals surface area contributed by atoms with Crippen LogP contribution in [0.4, 0.5) is 5.69 Å². The van der Waals surface area contributed by atoms with Gasteiger partial charge in [-0.05, 0) is 56.2 Å². The minimum atomic E-state index is -3.77. The minimum absolute atomic E-state index is 0.107. The first-order valence-corrected chi connectivity index (χ1v) is 13.6. The summed E-state index contributed by atoms with van der Waals surface area (Å²) in [6.45, 7) is 5.19. The zero-order chi connectivity index (χ0) is 25.5. The van der Waals surface area contributed by atoms with Crippen LogP contribution in [0.3, 0.4) is 0 Å². The van der Waals surface area contributed by atoms with Crippen LogP contribution in [0.2, 0.25) is 0 Å². The van der Waals surface area contributed by atoms with E-state index in [9.17, 15) is 18.0 Å². The molecule has 0 fully saturated rings. The molecule has 2 aromatic carbocycles. The molecule has 0 radical (unpaired) electrons. The molecule has 0 spiro atoms. The van der Waals surface area contributed by atoms with Crippen LogP contribution in [-0.4, -0.2) is 57.1 Å². The first kappa shape index (κ1) is 27.7. The Labute approximate surface area is 210 Å². The summed E-state index contributed by atoms with van der Waals surface area (Å²) < 4.78 is 32.2. The third-order valence-electron chi connectivity index (χ3n) is 5.08. The second-order valence-corrected chi connectivity index (χ2v) is 11.0. The lowest BCUT2D eigenvalue weighted by molar-refractivity contribution is -0.140. The van der Waals surface area contributed by atoms with Gasteiger partial charge in [-0.3, -0.25) is 13.9 Å². The van der Waals surface area contributed by atoms with Crippen molar-refractivity contribution in [1.29, 1.82) is 0 Å². The standard InChI is InChI=1S/C24H32BrN3O5S/c1-6-22(24(30)26-17(2)3)27(15-18-9-7-12-21(13-18)33-4)23(29)16-28(34(5,31)32)20-11-8-10-19(25)14-20/h7-14,17,22H,6,15-16H2,1-5H3,(H,26,30)/t22-/m1/s1. The zero-order valence-electron chi connectivity index (χ0n) is 20.1. The molecule has 2 rings (SSSR count). The van der Waals surface area contributed by atoms with E-state index < -0.39 is 28.5 Å². The number of ether oxygens (including phenoxy) is 1. The van der Waals surface area contributed by atoms with Gasteiger partial charge in [-0.2, -0.15) is 0 Å². The predicted molar refractivity (Wildman–Crippen MR) is 137 cm³/mol. The number of nitrogens with one attached hydrogen (secondary N) is 1. The summed E-state index contributed by atoms with van der Waals surface area (Å²) in [6.07, 6.45) is 1.42. The van der Waals surface area contributed by atoms with E-state index >= 15 is 0 Å². The molecule has 0 heterocycles. The highest BCUT2D eigenvalue weighted by molar-refractivity contribution is 9.10. The third-order valence-corrected chi connectivity index (χ3v) is 6.71. The second kappa shape index (κ2) is 12.2. The molecule has 0 aliphatic rings. The van der Waals surface area contributed by atoms with E-state index in [-0.39, 0.29) is 18.5 Å². The number of carbonyl (C=O) groups is 2. The Morgan fingerprint density at radius 3 is 2.35 bits per heavy atom. The van der Waals surface area contributed by atoms with E-state index in [1.165, 1.54) is 4.90 Å². The van der Waals surface area contributed by atoms with Crippen LogP contribution in [0, 0.1) is 0 Å². The average molecular weight is 555 g/mol. The summed E-state index contributed by atoms with van der Waals surface area (Å²) in [5.41, 5.74) is 1.11. The Kier molecular flexibility index (Phi) is 9.93. The maximum atomic E-state index is 13.6. The van der Waals surface area contributed by atoms with Crippen molar-refractivity contribution in [2.24, 2.45) is 0 Å². The summed E-state index contributed by atoms with van der Waals surface area (Å²) in [7, 11) is -2.22. The first-order valence-electron chi connectivity index (χ1n) is 10.9. The number of sulfonamides is 1. The van der Waals surface area contributed by atoms with E-state index in [0.29, 0.717) is 22.3 Å². The molecule has 2 amide bonds. The second-order valence-electron chi connectivity index (χ2n) is 8.21. The highest BCUT2D eigenvalue weighted by atomic mass is 79.9. The smallest absolute Gasteiger partial charge is 0.244 e. The average Bonchev–Trinajstić information content (AvgIpc) is 2.76. The number of hydrogen-bond acceptors (Lipinski definition) is 5. The molecule has 0 aromatic heterocycles. The molecule has 186 valence electrons. The summed E-state index contributed by atoms with van der Waals surface area (Å²) in [5, 5.41) is 2.86. The molecule has 0 unspecified atom stereocenters. The van der Waals surface area contributed by atoms with Gasteiger partial charge in [0.25, 0.3) is 0 Å². The summed E-state index contributed by atoms with van der Waals surface area (Å²) in [6, 6.07) is 13.0. The molecular weight excluding hydrogens is 522 g/mol. The number of halogens is 1. The molecule has 1 N–H and O–H groups in total.